The topological polar surface area (TPSA) is 18.5 Å². The lowest BCUT2D eigenvalue weighted by atomic mass is 9.89. The molecule has 2 unspecified atom stereocenters. The van der Waals surface area contributed by atoms with Gasteiger partial charge in [-0.15, -0.1) is 6.58 Å². The van der Waals surface area contributed by atoms with E-state index in [2.05, 4.69) is 13.5 Å². The summed E-state index contributed by atoms with van der Waals surface area (Å²) >= 11 is 0. The average Bonchev–Trinajstić information content (AvgIpc) is 2.96. The Morgan fingerprint density at radius 1 is 0.872 bits per heavy atom. The molecule has 1 aliphatic heterocycles. The van der Waals surface area contributed by atoms with E-state index in [9.17, 15) is 8.78 Å². The molecule has 2 atom stereocenters. The van der Waals surface area contributed by atoms with Crippen LogP contribution in [0.25, 0.3) is 22.3 Å². The lowest BCUT2D eigenvalue weighted by Gasteiger charge is -2.29. The van der Waals surface area contributed by atoms with Crippen molar-refractivity contribution in [2.75, 3.05) is 13.2 Å². The number of hydrogen-bond acceptors (Lipinski definition) is 2. The van der Waals surface area contributed by atoms with Crippen LogP contribution >= 0.6 is 0 Å². The summed E-state index contributed by atoms with van der Waals surface area (Å²) in [6.07, 6.45) is 11.3. The van der Waals surface area contributed by atoms with Crippen LogP contribution in [0.5, 0.6) is 5.75 Å². The van der Waals surface area contributed by atoms with Crippen molar-refractivity contribution >= 4 is 0 Å². The maximum atomic E-state index is 15.1. The average molecular weight is 537 g/mol. The van der Waals surface area contributed by atoms with Gasteiger partial charge in [0.25, 0.3) is 0 Å². The molecule has 39 heavy (non-hydrogen) atoms. The van der Waals surface area contributed by atoms with E-state index in [4.69, 9.17) is 9.47 Å². The highest BCUT2D eigenvalue weighted by Crippen LogP contribution is 2.34. The first-order valence-electron chi connectivity index (χ1n) is 14.2. The van der Waals surface area contributed by atoms with Crippen molar-refractivity contribution in [1.29, 1.82) is 0 Å². The Balaban J connectivity index is 1.39. The Morgan fingerprint density at radius 2 is 1.59 bits per heavy atom. The Bertz CT molecular complexity index is 1210. The Morgan fingerprint density at radius 3 is 2.26 bits per heavy atom. The van der Waals surface area contributed by atoms with Gasteiger partial charge in [0.05, 0.1) is 19.3 Å². The number of rotatable bonds is 13. The monoisotopic (exact) mass is 536 g/mol. The van der Waals surface area contributed by atoms with Gasteiger partial charge >= 0.3 is 0 Å². The van der Waals surface area contributed by atoms with E-state index >= 15 is 4.39 Å². The molecule has 1 fully saturated rings. The molecule has 0 bridgehead atoms. The molecule has 2 nitrogen and oxygen atoms in total. The van der Waals surface area contributed by atoms with Gasteiger partial charge in [-0.25, -0.2) is 8.78 Å². The van der Waals surface area contributed by atoms with Crippen LogP contribution in [0.2, 0.25) is 0 Å². The number of benzene rings is 3. The number of hydrogen-bond donors (Lipinski definition) is 0. The van der Waals surface area contributed by atoms with Crippen LogP contribution in [0, 0.1) is 17.5 Å². The standard InChI is InChI=1S/C34H39F3O2/c1-3-5-7-8-9-21-38-32-20-19-30(33(36)34(32)37)25-13-11-24(12-14-25)29-18-16-26(22-31(29)35)27-15-17-28(39-23-27)10-6-4-2/h4,11-14,16,18-20,22,27-28H,2-3,5-10,15,17,21,23H2,1H3. The first-order chi connectivity index (χ1) is 19.0. The first-order valence-corrected chi connectivity index (χ1v) is 14.2. The summed E-state index contributed by atoms with van der Waals surface area (Å²) in [4.78, 5) is 0. The highest BCUT2D eigenvalue weighted by molar-refractivity contribution is 5.71. The summed E-state index contributed by atoms with van der Waals surface area (Å²) in [6, 6.07) is 15.2. The Labute approximate surface area is 230 Å². The summed E-state index contributed by atoms with van der Waals surface area (Å²) in [5, 5.41) is 0. The van der Waals surface area contributed by atoms with E-state index in [0.29, 0.717) is 29.9 Å². The van der Waals surface area contributed by atoms with Crippen molar-refractivity contribution in [2.45, 2.75) is 76.7 Å². The molecule has 0 aliphatic carbocycles. The second-order valence-corrected chi connectivity index (χ2v) is 10.4. The minimum Gasteiger partial charge on any atom is -0.490 e. The molecule has 5 heteroatoms. The molecule has 0 radical (unpaired) electrons. The number of halogens is 3. The molecule has 1 saturated heterocycles. The molecular formula is C34H39F3O2. The van der Waals surface area contributed by atoms with Crippen LogP contribution in [0.3, 0.4) is 0 Å². The van der Waals surface area contributed by atoms with Crippen molar-refractivity contribution in [1.82, 2.24) is 0 Å². The predicted octanol–water partition coefficient (Wildman–Crippen LogP) is 10.0. The van der Waals surface area contributed by atoms with E-state index in [1.54, 1.807) is 36.4 Å². The minimum absolute atomic E-state index is 0.0684. The van der Waals surface area contributed by atoms with E-state index in [1.165, 1.54) is 18.6 Å². The summed E-state index contributed by atoms with van der Waals surface area (Å²) < 4.78 is 56.2. The maximum Gasteiger partial charge on any atom is 0.201 e. The van der Waals surface area contributed by atoms with Gasteiger partial charge in [0.1, 0.15) is 5.82 Å². The van der Waals surface area contributed by atoms with Crippen molar-refractivity contribution in [2.24, 2.45) is 0 Å². The van der Waals surface area contributed by atoms with Gasteiger partial charge in [-0.2, -0.15) is 4.39 Å². The van der Waals surface area contributed by atoms with Gasteiger partial charge in [0.15, 0.2) is 11.6 Å². The summed E-state index contributed by atoms with van der Waals surface area (Å²) in [5.74, 6) is -2.11. The van der Waals surface area contributed by atoms with Crippen molar-refractivity contribution in [3.63, 3.8) is 0 Å². The number of unbranched alkanes of at least 4 members (excludes halogenated alkanes) is 4. The third-order valence-corrected chi connectivity index (χ3v) is 7.59. The normalized spacial score (nSPS) is 17.2. The molecule has 1 heterocycles. The van der Waals surface area contributed by atoms with Crippen molar-refractivity contribution in [3.8, 4) is 28.0 Å². The van der Waals surface area contributed by atoms with E-state index in [1.807, 2.05) is 12.1 Å². The predicted molar refractivity (Wildman–Crippen MR) is 153 cm³/mol. The SMILES string of the molecule is C=CCCC1CCC(c2ccc(-c3ccc(-c4ccc(OCCCCCCC)c(F)c4F)cc3)c(F)c2)CO1. The minimum atomic E-state index is -0.981. The summed E-state index contributed by atoms with van der Waals surface area (Å²) in [5.41, 5.74) is 2.75. The van der Waals surface area contributed by atoms with Gasteiger partial charge < -0.3 is 9.47 Å². The van der Waals surface area contributed by atoms with Crippen LogP contribution in [0.4, 0.5) is 13.2 Å². The Kier molecular flexibility index (Phi) is 10.7. The highest BCUT2D eigenvalue weighted by Gasteiger charge is 2.23. The zero-order valence-electron chi connectivity index (χ0n) is 22.9. The van der Waals surface area contributed by atoms with E-state index in [-0.39, 0.29) is 29.2 Å². The second-order valence-electron chi connectivity index (χ2n) is 10.4. The van der Waals surface area contributed by atoms with Gasteiger partial charge in [0.2, 0.25) is 5.82 Å². The fourth-order valence-corrected chi connectivity index (χ4v) is 5.20. The third kappa shape index (κ3) is 7.54. The van der Waals surface area contributed by atoms with Crippen LogP contribution < -0.4 is 4.74 Å². The molecule has 0 saturated carbocycles. The van der Waals surface area contributed by atoms with Crippen molar-refractivity contribution < 1.29 is 22.6 Å². The van der Waals surface area contributed by atoms with Gasteiger partial charge in [-0.1, -0.05) is 75.1 Å². The van der Waals surface area contributed by atoms with E-state index in [0.717, 1.165) is 56.9 Å². The molecule has 1 aliphatic rings. The molecule has 208 valence electrons. The summed E-state index contributed by atoms with van der Waals surface area (Å²) in [6.45, 7) is 6.87. The molecule has 3 aromatic carbocycles. The lowest BCUT2D eigenvalue weighted by molar-refractivity contribution is -0.000212. The molecule has 4 rings (SSSR count). The van der Waals surface area contributed by atoms with Gasteiger partial charge in [0, 0.05) is 17.0 Å². The number of ether oxygens (including phenoxy) is 2. The van der Waals surface area contributed by atoms with E-state index < -0.39 is 11.6 Å². The lowest BCUT2D eigenvalue weighted by Crippen LogP contribution is -2.24. The first kappa shape index (κ1) is 28.9. The molecule has 0 spiro atoms. The summed E-state index contributed by atoms with van der Waals surface area (Å²) in [7, 11) is 0. The van der Waals surface area contributed by atoms with Crippen LogP contribution in [-0.2, 0) is 4.74 Å². The van der Waals surface area contributed by atoms with Gasteiger partial charge in [-0.3, -0.25) is 0 Å². The Hall–Kier alpha value is -3.05. The maximum absolute atomic E-state index is 15.1. The van der Waals surface area contributed by atoms with Crippen LogP contribution in [0.1, 0.15) is 76.2 Å². The van der Waals surface area contributed by atoms with Crippen LogP contribution in [-0.4, -0.2) is 19.3 Å². The van der Waals surface area contributed by atoms with Crippen LogP contribution in [0.15, 0.2) is 67.3 Å². The number of allylic oxidation sites excluding steroid dienone is 1. The second kappa shape index (κ2) is 14.4. The fourth-order valence-electron chi connectivity index (χ4n) is 5.20. The fraction of sp³-hybridized carbons (Fsp3) is 0.412. The smallest absolute Gasteiger partial charge is 0.201 e. The molecule has 0 amide bonds. The largest absolute Gasteiger partial charge is 0.490 e. The zero-order valence-corrected chi connectivity index (χ0v) is 22.9. The van der Waals surface area contributed by atoms with Crippen molar-refractivity contribution in [3.05, 3.63) is 90.3 Å². The van der Waals surface area contributed by atoms with Gasteiger partial charge in [-0.05, 0) is 67.0 Å². The molecule has 0 N–H and O–H groups in total. The quantitative estimate of drug-likeness (QED) is 0.160. The highest BCUT2D eigenvalue weighted by atomic mass is 19.2. The molecule has 0 aromatic heterocycles. The molecular weight excluding hydrogens is 497 g/mol. The zero-order chi connectivity index (χ0) is 27.6. The third-order valence-electron chi connectivity index (χ3n) is 7.59. The molecule has 3 aromatic rings.